The third-order valence-electron chi connectivity index (χ3n) is 6.91. The van der Waals surface area contributed by atoms with Crippen molar-refractivity contribution in [2.75, 3.05) is 22.7 Å². The maximum absolute atomic E-state index is 9.45. The Bertz CT molecular complexity index is 1550. The van der Waals surface area contributed by atoms with E-state index in [1.54, 1.807) is 0 Å². The molecule has 0 aliphatic carbocycles. The molecule has 40 heavy (non-hydrogen) atoms. The van der Waals surface area contributed by atoms with Gasteiger partial charge in [-0.1, -0.05) is 25.5 Å². The van der Waals surface area contributed by atoms with Gasteiger partial charge < -0.3 is 30.0 Å². The quantitative estimate of drug-likeness (QED) is 0.106. The summed E-state index contributed by atoms with van der Waals surface area (Å²) >= 11 is 0. The molecule has 0 amide bonds. The number of hydrogen-bond donors (Lipinski definition) is 4. The summed E-state index contributed by atoms with van der Waals surface area (Å²) in [5.41, 5.74) is 8.25. The fourth-order valence-electron chi connectivity index (χ4n) is 4.63. The van der Waals surface area contributed by atoms with Crippen LogP contribution in [-0.4, -0.2) is 53.1 Å². The largest absolute Gasteiger partial charge is 0.491 e. The molecule has 3 heterocycles. The molecule has 0 bridgehead atoms. The Morgan fingerprint density at radius 2 is 1.90 bits per heavy atom. The van der Waals surface area contributed by atoms with E-state index in [9.17, 15) is 5.11 Å². The number of epoxide rings is 2. The molecule has 4 unspecified atom stereocenters. The van der Waals surface area contributed by atoms with Crippen molar-refractivity contribution in [3.8, 4) is 17.1 Å². The first kappa shape index (κ1) is 26.0. The number of aromatic nitrogens is 2. The number of fused-ring (bicyclic) bond motifs is 1. The van der Waals surface area contributed by atoms with Crippen LogP contribution >= 0.6 is 0 Å². The van der Waals surface area contributed by atoms with Crippen molar-refractivity contribution in [3.63, 3.8) is 0 Å². The van der Waals surface area contributed by atoms with Gasteiger partial charge in [-0.3, -0.25) is 5.43 Å². The number of nitrogens with zero attached hydrogens (tertiary/aromatic N) is 3. The Hall–Kier alpha value is -4.25. The molecule has 2 aliphatic rings. The van der Waals surface area contributed by atoms with Crippen molar-refractivity contribution in [2.45, 2.75) is 51.4 Å². The van der Waals surface area contributed by atoms with Crippen molar-refractivity contribution in [1.29, 1.82) is 0 Å². The lowest BCUT2D eigenvalue weighted by Gasteiger charge is -2.14. The number of nitrogens with one attached hydrogen (secondary N) is 3. The number of anilines is 4. The maximum Gasteiger partial charge on any atom is 0.185 e. The van der Waals surface area contributed by atoms with Crippen LogP contribution in [0.2, 0.25) is 0 Å². The molecule has 0 radical (unpaired) electrons. The average Bonchev–Trinajstić information content (AvgIpc) is 3.87. The fraction of sp³-hybridized carbons (Fsp3) is 0.300. The number of hydrogen-bond acceptors (Lipinski definition) is 10. The van der Waals surface area contributed by atoms with Crippen LogP contribution in [0.3, 0.4) is 0 Å². The summed E-state index contributed by atoms with van der Waals surface area (Å²) in [5, 5.41) is 20.9. The first-order valence-corrected chi connectivity index (χ1v) is 13.4. The Kier molecular flexibility index (Phi) is 7.21. The lowest BCUT2D eigenvalue weighted by molar-refractivity contribution is 0.155. The monoisotopic (exact) mass is 540 g/mol. The number of rotatable bonds is 12. The first-order chi connectivity index (χ1) is 19.5. The lowest BCUT2D eigenvalue weighted by atomic mass is 10.1. The number of aliphatic hydroxyl groups is 1. The van der Waals surface area contributed by atoms with Crippen molar-refractivity contribution in [2.24, 2.45) is 5.10 Å². The molecule has 0 spiro atoms. The van der Waals surface area contributed by atoms with Crippen LogP contribution in [-0.2, 0) is 9.47 Å². The van der Waals surface area contributed by atoms with Crippen LogP contribution in [0, 0.1) is 6.92 Å². The summed E-state index contributed by atoms with van der Waals surface area (Å²) < 4.78 is 16.7. The predicted molar refractivity (Wildman–Crippen MR) is 156 cm³/mol. The molecule has 1 aromatic heterocycles. The summed E-state index contributed by atoms with van der Waals surface area (Å²) in [4.78, 5) is 9.84. The van der Waals surface area contributed by atoms with Crippen molar-refractivity contribution in [3.05, 3.63) is 66.2 Å². The number of hydrazone groups is 1. The molecule has 10 nitrogen and oxygen atoms in total. The summed E-state index contributed by atoms with van der Waals surface area (Å²) in [5.74, 6) is 1.87. The van der Waals surface area contributed by atoms with Crippen LogP contribution < -0.4 is 20.8 Å². The molecule has 0 saturated carbocycles. The van der Waals surface area contributed by atoms with Gasteiger partial charge in [0.25, 0.3) is 0 Å². The Morgan fingerprint density at radius 1 is 1.02 bits per heavy atom. The molecule has 2 saturated heterocycles. The van der Waals surface area contributed by atoms with Crippen LogP contribution in [0.4, 0.5) is 22.9 Å². The summed E-state index contributed by atoms with van der Waals surface area (Å²) in [6.07, 6.45) is 1.39. The molecule has 4 N–H and O–H groups in total. The second-order valence-electron chi connectivity index (χ2n) is 9.98. The average molecular weight is 541 g/mol. The van der Waals surface area contributed by atoms with Gasteiger partial charge >= 0.3 is 0 Å². The van der Waals surface area contributed by atoms with Gasteiger partial charge in [-0.05, 0) is 67.4 Å². The van der Waals surface area contributed by atoms with E-state index < -0.39 is 6.29 Å². The van der Waals surface area contributed by atoms with E-state index in [0.29, 0.717) is 17.4 Å². The number of ether oxygens (including phenoxy) is 3. The van der Waals surface area contributed by atoms with Gasteiger partial charge in [0.2, 0.25) is 0 Å². The Labute approximate surface area is 232 Å². The van der Waals surface area contributed by atoms with E-state index in [0.717, 1.165) is 51.9 Å². The highest BCUT2D eigenvalue weighted by atomic mass is 16.7. The van der Waals surface area contributed by atoms with Crippen LogP contribution in [0.25, 0.3) is 22.3 Å². The zero-order valence-electron chi connectivity index (χ0n) is 22.4. The molecular weight excluding hydrogens is 508 g/mol. The molecule has 6 rings (SSSR count). The highest BCUT2D eigenvalue weighted by Crippen LogP contribution is 2.33. The molecule has 4 atom stereocenters. The number of benzene rings is 3. The minimum Gasteiger partial charge on any atom is -0.491 e. The zero-order chi connectivity index (χ0) is 27.6. The van der Waals surface area contributed by atoms with Gasteiger partial charge in [-0.2, -0.15) is 5.10 Å². The van der Waals surface area contributed by atoms with E-state index in [1.807, 2.05) is 67.6 Å². The Morgan fingerprint density at radius 3 is 2.67 bits per heavy atom. The van der Waals surface area contributed by atoms with Gasteiger partial charge in [0.15, 0.2) is 18.3 Å². The molecule has 10 heteroatoms. The summed E-state index contributed by atoms with van der Waals surface area (Å²) in [6.45, 7) is 7.92. The summed E-state index contributed by atoms with van der Waals surface area (Å²) in [7, 11) is 0. The molecular formula is C30H32N6O4. The minimum absolute atomic E-state index is 0.0440. The van der Waals surface area contributed by atoms with Crippen LogP contribution in [0.1, 0.15) is 25.3 Å². The van der Waals surface area contributed by atoms with E-state index in [-0.39, 0.29) is 25.0 Å². The topological polar surface area (TPSA) is 129 Å². The van der Waals surface area contributed by atoms with Crippen LogP contribution in [0.15, 0.2) is 65.8 Å². The van der Waals surface area contributed by atoms with Crippen molar-refractivity contribution >= 4 is 40.5 Å². The van der Waals surface area contributed by atoms with Gasteiger partial charge in [-0.15, -0.1) is 0 Å². The second-order valence-corrected chi connectivity index (χ2v) is 9.98. The lowest BCUT2D eigenvalue weighted by Crippen LogP contribution is -2.07. The van der Waals surface area contributed by atoms with E-state index >= 15 is 0 Å². The first-order valence-electron chi connectivity index (χ1n) is 13.4. The molecule has 2 fully saturated rings. The molecule has 3 aromatic carbocycles. The second kappa shape index (κ2) is 11.1. The minimum atomic E-state index is -0.755. The SMILES string of the molecule is C=NNc1ccc(Nc2nc(-c3cccc(NC4OC4CCC)c3)nc3ccc(OCC4OC4O)cc23)cc1C. The third-order valence-corrected chi connectivity index (χ3v) is 6.91. The molecule has 206 valence electrons. The van der Waals surface area contributed by atoms with Gasteiger partial charge in [0.05, 0.1) is 11.2 Å². The maximum atomic E-state index is 9.45. The fourth-order valence-corrected chi connectivity index (χ4v) is 4.63. The zero-order valence-corrected chi connectivity index (χ0v) is 22.4. The van der Waals surface area contributed by atoms with Gasteiger partial charge in [-0.25, -0.2) is 9.97 Å². The number of aliphatic hydroxyl groups excluding tert-OH is 1. The van der Waals surface area contributed by atoms with E-state index in [1.165, 1.54) is 0 Å². The van der Waals surface area contributed by atoms with E-state index in [4.69, 9.17) is 24.2 Å². The van der Waals surface area contributed by atoms with E-state index in [2.05, 4.69) is 34.8 Å². The predicted octanol–water partition coefficient (Wildman–Crippen LogP) is 5.41. The Balaban J connectivity index is 1.33. The highest BCUT2D eigenvalue weighted by molar-refractivity contribution is 5.93. The van der Waals surface area contributed by atoms with Crippen molar-refractivity contribution in [1.82, 2.24) is 9.97 Å². The van der Waals surface area contributed by atoms with Crippen LogP contribution in [0.5, 0.6) is 5.75 Å². The third kappa shape index (κ3) is 5.84. The normalized spacial score (nSPS) is 21.1. The highest BCUT2D eigenvalue weighted by Gasteiger charge is 2.38. The molecule has 4 aromatic rings. The van der Waals surface area contributed by atoms with Crippen molar-refractivity contribution < 1.29 is 19.3 Å². The summed E-state index contributed by atoms with van der Waals surface area (Å²) in [6, 6.07) is 19.6. The standard InChI is InChI=1S/C30H32N6O4/c1-4-6-25-29(39-25)33-19-8-5-7-18(14-19)27-34-24-12-10-21(38-16-26-30(37)40-26)15-22(24)28(35-27)32-20-9-11-23(36-31-3)17(2)13-20/h5,7-15,25-26,29-30,33,36-37H,3-4,6,16H2,1-2H3,(H,32,34,35). The molecule has 2 aliphatic heterocycles. The van der Waals surface area contributed by atoms with Gasteiger partial charge in [0, 0.05) is 29.0 Å². The van der Waals surface area contributed by atoms with Gasteiger partial charge in [0.1, 0.15) is 30.4 Å². The number of aryl methyl sites for hydroxylation is 1. The smallest absolute Gasteiger partial charge is 0.185 e.